The van der Waals surface area contributed by atoms with Gasteiger partial charge in [-0.1, -0.05) is 19.3 Å². The molecule has 0 atom stereocenters. The zero-order chi connectivity index (χ0) is 17.9. The molecule has 0 bridgehead atoms. The lowest BCUT2D eigenvalue weighted by Crippen LogP contribution is -2.54. The monoisotopic (exact) mass is 364 g/mol. The van der Waals surface area contributed by atoms with Gasteiger partial charge in [-0.05, 0) is 25.0 Å². The van der Waals surface area contributed by atoms with Crippen molar-refractivity contribution in [1.29, 1.82) is 5.26 Å². The summed E-state index contributed by atoms with van der Waals surface area (Å²) in [6.45, 7) is 2.00. The van der Waals surface area contributed by atoms with Gasteiger partial charge in [0.1, 0.15) is 6.07 Å². The Labute approximate surface area is 149 Å². The molecule has 1 aliphatic heterocycles. The minimum atomic E-state index is -3.42. The predicted molar refractivity (Wildman–Crippen MR) is 94.1 cm³/mol. The van der Waals surface area contributed by atoms with E-state index >= 15 is 0 Å². The van der Waals surface area contributed by atoms with Crippen molar-refractivity contribution >= 4 is 16.0 Å². The van der Waals surface area contributed by atoms with Crippen molar-refractivity contribution < 1.29 is 8.42 Å². The van der Waals surface area contributed by atoms with E-state index in [9.17, 15) is 8.42 Å². The van der Waals surface area contributed by atoms with Crippen molar-refractivity contribution in [1.82, 2.24) is 18.8 Å². The molecule has 25 heavy (non-hydrogen) atoms. The molecule has 1 aromatic heterocycles. The molecule has 2 fully saturated rings. The molecule has 1 aliphatic carbocycles. The Morgan fingerprint density at radius 1 is 1.12 bits per heavy atom. The van der Waals surface area contributed by atoms with Gasteiger partial charge in [0.25, 0.3) is 10.2 Å². The van der Waals surface area contributed by atoms with E-state index in [1.54, 1.807) is 27.8 Å². The largest absolute Gasteiger partial charge is 0.352 e. The van der Waals surface area contributed by atoms with Crippen molar-refractivity contribution in [3.63, 3.8) is 0 Å². The molecule has 1 saturated heterocycles. The van der Waals surface area contributed by atoms with Crippen molar-refractivity contribution in [2.24, 2.45) is 0 Å². The topological polar surface area (TPSA) is 93.4 Å². The number of rotatable bonds is 4. The maximum absolute atomic E-state index is 12.9. The van der Waals surface area contributed by atoms with Gasteiger partial charge in [-0.2, -0.15) is 22.3 Å². The summed E-state index contributed by atoms with van der Waals surface area (Å²) in [6.07, 6.45) is 5.33. The fourth-order valence-electron chi connectivity index (χ4n) is 3.52. The first kappa shape index (κ1) is 18.0. The second-order valence-electron chi connectivity index (χ2n) is 6.59. The molecule has 136 valence electrons. The van der Waals surface area contributed by atoms with Gasteiger partial charge in [0, 0.05) is 39.3 Å². The predicted octanol–water partition coefficient (Wildman–Crippen LogP) is 0.980. The Kier molecular flexibility index (Phi) is 5.51. The molecule has 2 heterocycles. The van der Waals surface area contributed by atoms with Crippen LogP contribution < -0.4 is 4.90 Å². The molecule has 0 unspecified atom stereocenters. The summed E-state index contributed by atoms with van der Waals surface area (Å²) < 4.78 is 28.9. The fourth-order valence-corrected chi connectivity index (χ4v) is 5.09. The van der Waals surface area contributed by atoms with Crippen LogP contribution in [0.2, 0.25) is 0 Å². The second kappa shape index (κ2) is 7.64. The van der Waals surface area contributed by atoms with E-state index in [1.165, 1.54) is 6.42 Å². The van der Waals surface area contributed by atoms with Crippen LogP contribution in [0, 0.1) is 11.3 Å². The van der Waals surface area contributed by atoms with Crippen LogP contribution >= 0.6 is 0 Å². The highest BCUT2D eigenvalue weighted by molar-refractivity contribution is 7.86. The zero-order valence-corrected chi connectivity index (χ0v) is 15.3. The quantitative estimate of drug-likeness (QED) is 0.791. The standard InChI is InChI=1S/C16H24N6O2S/c1-20(15-5-3-2-4-6-15)25(23,24)22-11-9-21(10-12-22)16-8-7-14(13-17)18-19-16/h7-8,15H,2-6,9-12H2,1H3. The molecule has 0 radical (unpaired) electrons. The van der Waals surface area contributed by atoms with Crippen molar-refractivity contribution in [2.75, 3.05) is 38.1 Å². The summed E-state index contributed by atoms with van der Waals surface area (Å²) in [5, 5.41) is 16.7. The Bertz CT molecular complexity index is 716. The Balaban J connectivity index is 1.61. The summed E-state index contributed by atoms with van der Waals surface area (Å²) in [6, 6.07) is 5.45. The lowest BCUT2D eigenvalue weighted by atomic mass is 9.96. The first-order chi connectivity index (χ1) is 12.0. The third-order valence-electron chi connectivity index (χ3n) is 5.11. The van der Waals surface area contributed by atoms with E-state index in [0.29, 0.717) is 32.0 Å². The van der Waals surface area contributed by atoms with E-state index in [4.69, 9.17) is 5.26 Å². The molecule has 2 aliphatic rings. The lowest BCUT2D eigenvalue weighted by molar-refractivity contribution is 0.259. The molecule has 0 aromatic carbocycles. The third kappa shape index (κ3) is 3.92. The van der Waals surface area contributed by atoms with Gasteiger partial charge in [0.15, 0.2) is 11.5 Å². The van der Waals surface area contributed by atoms with Gasteiger partial charge in [-0.25, -0.2) is 0 Å². The molecule has 0 spiro atoms. The maximum Gasteiger partial charge on any atom is 0.282 e. The minimum absolute atomic E-state index is 0.126. The van der Waals surface area contributed by atoms with Gasteiger partial charge in [-0.3, -0.25) is 0 Å². The van der Waals surface area contributed by atoms with E-state index in [-0.39, 0.29) is 11.7 Å². The molecule has 1 saturated carbocycles. The highest BCUT2D eigenvalue weighted by atomic mass is 32.2. The SMILES string of the molecule is CN(C1CCCCC1)S(=O)(=O)N1CCN(c2ccc(C#N)nn2)CC1. The van der Waals surface area contributed by atoms with Crippen LogP contribution in [0.3, 0.4) is 0 Å². The van der Waals surface area contributed by atoms with E-state index in [2.05, 4.69) is 10.2 Å². The van der Waals surface area contributed by atoms with Crippen LogP contribution in [-0.4, -0.2) is 66.5 Å². The van der Waals surface area contributed by atoms with Crippen molar-refractivity contribution in [3.05, 3.63) is 17.8 Å². The second-order valence-corrected chi connectivity index (χ2v) is 8.58. The summed E-state index contributed by atoms with van der Waals surface area (Å²) in [5.41, 5.74) is 0.277. The lowest BCUT2D eigenvalue weighted by Gasteiger charge is -2.38. The van der Waals surface area contributed by atoms with Gasteiger partial charge < -0.3 is 4.90 Å². The number of piperazine rings is 1. The van der Waals surface area contributed by atoms with Crippen molar-refractivity contribution in [3.8, 4) is 6.07 Å². The summed E-state index contributed by atoms with van der Waals surface area (Å²) in [4.78, 5) is 2.00. The van der Waals surface area contributed by atoms with E-state index in [1.807, 2.05) is 11.0 Å². The number of hydrogen-bond acceptors (Lipinski definition) is 6. The molecule has 8 nitrogen and oxygen atoms in total. The average Bonchev–Trinajstić information content (AvgIpc) is 2.68. The first-order valence-electron chi connectivity index (χ1n) is 8.74. The zero-order valence-electron chi connectivity index (χ0n) is 14.5. The molecule has 3 rings (SSSR count). The normalized spacial score (nSPS) is 20.6. The summed E-state index contributed by atoms with van der Waals surface area (Å²) in [7, 11) is -1.70. The number of anilines is 1. The highest BCUT2D eigenvalue weighted by Crippen LogP contribution is 2.25. The molecular weight excluding hydrogens is 340 g/mol. The smallest absolute Gasteiger partial charge is 0.282 e. The molecular formula is C16H24N6O2S. The molecule has 1 aromatic rings. The van der Waals surface area contributed by atoms with Gasteiger partial charge in [0.05, 0.1) is 0 Å². The third-order valence-corrected chi connectivity index (χ3v) is 7.15. The van der Waals surface area contributed by atoms with Gasteiger partial charge >= 0.3 is 0 Å². The molecule has 0 amide bonds. The number of aromatic nitrogens is 2. The highest BCUT2D eigenvalue weighted by Gasteiger charge is 2.34. The van der Waals surface area contributed by atoms with Crippen molar-refractivity contribution in [2.45, 2.75) is 38.1 Å². The Hall–Kier alpha value is -1.76. The summed E-state index contributed by atoms with van der Waals surface area (Å²) in [5.74, 6) is 0.677. The van der Waals surface area contributed by atoms with Crippen LogP contribution in [0.5, 0.6) is 0 Å². The minimum Gasteiger partial charge on any atom is -0.352 e. The molecule has 9 heteroatoms. The maximum atomic E-state index is 12.9. The van der Waals surface area contributed by atoms with E-state index in [0.717, 1.165) is 25.7 Å². The van der Waals surface area contributed by atoms with Crippen LogP contribution in [0.1, 0.15) is 37.8 Å². The fraction of sp³-hybridized carbons (Fsp3) is 0.688. The number of nitriles is 1. The Morgan fingerprint density at radius 2 is 1.80 bits per heavy atom. The van der Waals surface area contributed by atoms with Gasteiger partial charge in [0.2, 0.25) is 0 Å². The van der Waals surface area contributed by atoms with Crippen LogP contribution in [0.25, 0.3) is 0 Å². The van der Waals surface area contributed by atoms with Crippen LogP contribution in [-0.2, 0) is 10.2 Å². The average molecular weight is 364 g/mol. The van der Waals surface area contributed by atoms with E-state index < -0.39 is 10.2 Å². The Morgan fingerprint density at radius 3 is 2.36 bits per heavy atom. The summed E-state index contributed by atoms with van der Waals surface area (Å²) >= 11 is 0. The molecule has 0 N–H and O–H groups in total. The van der Waals surface area contributed by atoms with Crippen LogP contribution in [0.15, 0.2) is 12.1 Å². The first-order valence-corrected chi connectivity index (χ1v) is 10.1. The van der Waals surface area contributed by atoms with Crippen LogP contribution in [0.4, 0.5) is 5.82 Å². The number of hydrogen-bond donors (Lipinski definition) is 0. The van der Waals surface area contributed by atoms with Gasteiger partial charge in [-0.15, -0.1) is 10.2 Å². The number of nitrogens with zero attached hydrogens (tertiary/aromatic N) is 6.